The number of nitrogens with zero attached hydrogens (tertiary/aromatic N) is 1. The van der Waals surface area contributed by atoms with Crippen molar-refractivity contribution in [2.45, 2.75) is 6.54 Å². The van der Waals surface area contributed by atoms with E-state index in [1.54, 1.807) is 36.4 Å². The number of amides is 1. The number of nitrogens with one attached hydrogen (secondary N) is 2. The van der Waals surface area contributed by atoms with Crippen LogP contribution >= 0.6 is 23.2 Å². The Hall–Kier alpha value is -2.37. The lowest BCUT2D eigenvalue weighted by Gasteiger charge is -2.03. The van der Waals surface area contributed by atoms with Gasteiger partial charge in [0.1, 0.15) is 11.5 Å². The lowest BCUT2D eigenvalue weighted by Crippen LogP contribution is -2.23. The molecule has 0 aliphatic rings. The summed E-state index contributed by atoms with van der Waals surface area (Å²) in [6, 6.07) is 12.6. The fraction of sp³-hybridized carbons (Fsp3) is 0.0588. The molecule has 0 aliphatic heterocycles. The van der Waals surface area contributed by atoms with Gasteiger partial charge >= 0.3 is 0 Å². The molecule has 7 heteroatoms. The van der Waals surface area contributed by atoms with Crippen molar-refractivity contribution in [1.82, 2.24) is 15.5 Å². The summed E-state index contributed by atoms with van der Waals surface area (Å²) in [5.41, 5.74) is 2.32. The minimum atomic E-state index is -0.317. The van der Waals surface area contributed by atoms with Gasteiger partial charge in [-0.2, -0.15) is 5.10 Å². The Bertz CT molecular complexity index is 878. The largest absolute Gasteiger partial charge is 0.347 e. The molecule has 2 N–H and O–H groups in total. The van der Waals surface area contributed by atoms with Crippen molar-refractivity contribution in [3.63, 3.8) is 0 Å². The van der Waals surface area contributed by atoms with Crippen LogP contribution in [-0.4, -0.2) is 16.1 Å². The molecule has 0 saturated heterocycles. The van der Waals surface area contributed by atoms with Crippen LogP contribution in [0.25, 0.3) is 11.3 Å². The number of carbonyl (C=O) groups is 1. The third-order valence-corrected chi connectivity index (χ3v) is 3.94. The maximum atomic E-state index is 12.9. The van der Waals surface area contributed by atoms with Crippen LogP contribution in [0.15, 0.2) is 48.5 Å². The highest BCUT2D eigenvalue weighted by Crippen LogP contribution is 2.29. The monoisotopic (exact) mass is 363 g/mol. The first-order chi connectivity index (χ1) is 11.5. The van der Waals surface area contributed by atoms with Crippen LogP contribution in [0.4, 0.5) is 4.39 Å². The third kappa shape index (κ3) is 3.75. The minimum absolute atomic E-state index is 0.287. The van der Waals surface area contributed by atoms with Gasteiger partial charge in [0.05, 0.1) is 10.7 Å². The zero-order chi connectivity index (χ0) is 17.1. The summed E-state index contributed by atoms with van der Waals surface area (Å²) in [6.45, 7) is 0.287. The first-order valence-corrected chi connectivity index (χ1v) is 7.82. The average Bonchev–Trinajstić information content (AvgIpc) is 3.04. The molecule has 0 atom stereocenters. The molecule has 1 heterocycles. The number of halogens is 3. The molecular formula is C17H12Cl2FN3O. The van der Waals surface area contributed by atoms with Crippen LogP contribution in [0.5, 0.6) is 0 Å². The topological polar surface area (TPSA) is 57.8 Å². The fourth-order valence-corrected chi connectivity index (χ4v) is 2.66. The molecular weight excluding hydrogens is 352 g/mol. The maximum Gasteiger partial charge on any atom is 0.269 e. The second kappa shape index (κ2) is 7.03. The van der Waals surface area contributed by atoms with Gasteiger partial charge in [-0.15, -0.1) is 0 Å². The molecule has 3 rings (SSSR count). The van der Waals surface area contributed by atoms with Crippen LogP contribution in [0.3, 0.4) is 0 Å². The SMILES string of the molecule is O=C(NCc1ccc(F)cc1)c1cc(-c2ccc(Cl)cc2Cl)n[nH]1. The number of aromatic nitrogens is 2. The fourth-order valence-electron chi connectivity index (χ4n) is 2.15. The van der Waals surface area contributed by atoms with E-state index in [4.69, 9.17) is 23.2 Å². The summed E-state index contributed by atoms with van der Waals surface area (Å²) in [5.74, 6) is -0.633. The molecule has 0 spiro atoms. The smallest absolute Gasteiger partial charge is 0.269 e. The number of carbonyl (C=O) groups excluding carboxylic acids is 1. The molecule has 1 aromatic heterocycles. The summed E-state index contributed by atoms with van der Waals surface area (Å²) in [6.07, 6.45) is 0. The van der Waals surface area contributed by atoms with Crippen molar-refractivity contribution in [2.24, 2.45) is 0 Å². The summed E-state index contributed by atoms with van der Waals surface area (Å²) >= 11 is 12.0. The average molecular weight is 364 g/mol. The summed E-state index contributed by atoms with van der Waals surface area (Å²) in [7, 11) is 0. The van der Waals surface area contributed by atoms with Gasteiger partial charge in [0.15, 0.2) is 0 Å². The molecule has 0 aliphatic carbocycles. The quantitative estimate of drug-likeness (QED) is 0.719. The number of hydrogen-bond donors (Lipinski definition) is 2. The zero-order valence-electron chi connectivity index (χ0n) is 12.3. The molecule has 0 saturated carbocycles. The molecule has 0 fully saturated rings. The number of H-pyrrole nitrogens is 1. The molecule has 0 radical (unpaired) electrons. The van der Waals surface area contributed by atoms with Crippen molar-refractivity contribution in [1.29, 1.82) is 0 Å². The van der Waals surface area contributed by atoms with E-state index >= 15 is 0 Å². The van der Waals surface area contributed by atoms with E-state index in [2.05, 4.69) is 15.5 Å². The van der Waals surface area contributed by atoms with Crippen molar-refractivity contribution < 1.29 is 9.18 Å². The van der Waals surface area contributed by atoms with Gasteiger partial charge in [-0.3, -0.25) is 9.89 Å². The highest BCUT2D eigenvalue weighted by atomic mass is 35.5. The van der Waals surface area contributed by atoms with Crippen LogP contribution < -0.4 is 5.32 Å². The van der Waals surface area contributed by atoms with Crippen LogP contribution in [0.1, 0.15) is 16.1 Å². The van der Waals surface area contributed by atoms with Crippen molar-refractivity contribution >= 4 is 29.1 Å². The number of aromatic amines is 1. The van der Waals surface area contributed by atoms with Gasteiger partial charge in [-0.05, 0) is 42.0 Å². The standard InChI is InChI=1S/C17H12Cl2FN3O/c18-11-3-6-13(14(19)7-11)15-8-16(23-22-15)17(24)21-9-10-1-4-12(20)5-2-10/h1-8H,9H2,(H,21,24)(H,22,23). The maximum absolute atomic E-state index is 12.9. The second-order valence-corrected chi connectivity index (χ2v) is 5.94. The summed E-state index contributed by atoms with van der Waals surface area (Å²) in [5, 5.41) is 10.5. The molecule has 3 aromatic rings. The highest BCUT2D eigenvalue weighted by Gasteiger charge is 2.13. The Morgan fingerprint density at radius 1 is 1.12 bits per heavy atom. The van der Waals surface area contributed by atoms with Crippen LogP contribution in [-0.2, 0) is 6.54 Å². The van der Waals surface area contributed by atoms with E-state index in [0.29, 0.717) is 27.0 Å². The Kier molecular flexibility index (Phi) is 4.83. The van der Waals surface area contributed by atoms with Gasteiger partial charge in [-0.25, -0.2) is 4.39 Å². The predicted octanol–water partition coefficient (Wildman–Crippen LogP) is 4.45. The minimum Gasteiger partial charge on any atom is -0.347 e. The molecule has 0 bridgehead atoms. The van der Waals surface area contributed by atoms with Gasteiger partial charge in [0, 0.05) is 17.1 Å². The van der Waals surface area contributed by atoms with E-state index in [1.807, 2.05) is 0 Å². The molecule has 122 valence electrons. The first-order valence-electron chi connectivity index (χ1n) is 7.06. The molecule has 0 unspecified atom stereocenters. The van der Waals surface area contributed by atoms with Crippen LogP contribution in [0, 0.1) is 5.82 Å². The summed E-state index contributed by atoms with van der Waals surface area (Å²) in [4.78, 5) is 12.2. The van der Waals surface area contributed by atoms with Crippen molar-refractivity contribution in [3.8, 4) is 11.3 Å². The van der Waals surface area contributed by atoms with Crippen molar-refractivity contribution in [2.75, 3.05) is 0 Å². The van der Waals surface area contributed by atoms with Crippen LogP contribution in [0.2, 0.25) is 10.0 Å². The van der Waals surface area contributed by atoms with Gasteiger partial charge in [-0.1, -0.05) is 35.3 Å². The van der Waals surface area contributed by atoms with Gasteiger partial charge in [0.2, 0.25) is 0 Å². The van der Waals surface area contributed by atoms with E-state index < -0.39 is 0 Å². The number of rotatable bonds is 4. The van der Waals surface area contributed by atoms with Crippen molar-refractivity contribution in [3.05, 3.63) is 75.7 Å². The Morgan fingerprint density at radius 2 is 1.88 bits per heavy atom. The van der Waals surface area contributed by atoms with E-state index in [1.165, 1.54) is 12.1 Å². The molecule has 2 aromatic carbocycles. The lowest BCUT2D eigenvalue weighted by atomic mass is 10.1. The number of benzene rings is 2. The normalized spacial score (nSPS) is 10.6. The van der Waals surface area contributed by atoms with E-state index in [9.17, 15) is 9.18 Å². The Labute approximate surface area is 147 Å². The third-order valence-electron chi connectivity index (χ3n) is 3.40. The van der Waals surface area contributed by atoms with E-state index in [-0.39, 0.29) is 18.3 Å². The molecule has 24 heavy (non-hydrogen) atoms. The van der Waals surface area contributed by atoms with Gasteiger partial charge in [0.25, 0.3) is 5.91 Å². The molecule has 1 amide bonds. The zero-order valence-corrected chi connectivity index (χ0v) is 13.8. The highest BCUT2D eigenvalue weighted by molar-refractivity contribution is 6.36. The van der Waals surface area contributed by atoms with E-state index in [0.717, 1.165) is 5.56 Å². The molecule has 4 nitrogen and oxygen atoms in total. The predicted molar refractivity (Wildman–Crippen MR) is 91.6 cm³/mol. The number of hydrogen-bond acceptors (Lipinski definition) is 2. The summed E-state index contributed by atoms with van der Waals surface area (Å²) < 4.78 is 12.9. The van der Waals surface area contributed by atoms with Gasteiger partial charge < -0.3 is 5.32 Å². The Morgan fingerprint density at radius 3 is 2.58 bits per heavy atom. The first kappa shape index (κ1) is 16.5. The Balaban J connectivity index is 1.70. The second-order valence-electron chi connectivity index (χ2n) is 5.10. The lowest BCUT2D eigenvalue weighted by molar-refractivity contribution is 0.0946.